The number of nitrogens with zero attached hydrogens (tertiary/aromatic N) is 2. The predicted octanol–water partition coefficient (Wildman–Crippen LogP) is 1.37. The molecule has 1 rings (SSSR count). The van der Waals surface area contributed by atoms with E-state index in [2.05, 4.69) is 22.4 Å². The minimum absolute atomic E-state index is 0.0869. The van der Waals surface area contributed by atoms with E-state index in [1.807, 2.05) is 19.2 Å². The van der Waals surface area contributed by atoms with Crippen LogP contribution in [0.25, 0.3) is 0 Å². The van der Waals surface area contributed by atoms with Crippen LogP contribution in [0, 0.1) is 17.2 Å². The van der Waals surface area contributed by atoms with Crippen LogP contribution in [0.1, 0.15) is 12.5 Å². The number of aromatic nitrogens is 1. The fourth-order valence-electron chi connectivity index (χ4n) is 1.14. The maximum atomic E-state index is 8.55. The molecular formula is C11H15N3. The summed E-state index contributed by atoms with van der Waals surface area (Å²) in [4.78, 5) is 4.03. The second-order valence-electron chi connectivity index (χ2n) is 3.35. The van der Waals surface area contributed by atoms with Gasteiger partial charge < -0.3 is 5.32 Å². The molecule has 0 aliphatic rings. The van der Waals surface area contributed by atoms with Gasteiger partial charge in [-0.25, -0.2) is 0 Å². The van der Waals surface area contributed by atoms with Crippen molar-refractivity contribution >= 4 is 0 Å². The van der Waals surface area contributed by atoms with E-state index in [1.165, 1.54) is 5.56 Å². The van der Waals surface area contributed by atoms with Gasteiger partial charge in [-0.2, -0.15) is 5.26 Å². The van der Waals surface area contributed by atoms with Gasteiger partial charge in [-0.15, -0.1) is 0 Å². The van der Waals surface area contributed by atoms with Gasteiger partial charge in [0, 0.05) is 18.9 Å². The van der Waals surface area contributed by atoms with E-state index in [1.54, 1.807) is 6.20 Å². The van der Waals surface area contributed by atoms with Crippen molar-refractivity contribution < 1.29 is 0 Å². The molecule has 0 saturated carbocycles. The van der Waals surface area contributed by atoms with Crippen LogP contribution in [-0.4, -0.2) is 18.1 Å². The van der Waals surface area contributed by atoms with Crippen LogP contribution in [0.4, 0.5) is 0 Å². The molecule has 0 spiro atoms. The summed E-state index contributed by atoms with van der Waals surface area (Å²) in [5.41, 5.74) is 1.23. The molecule has 14 heavy (non-hydrogen) atoms. The second kappa shape index (κ2) is 6.11. The van der Waals surface area contributed by atoms with Crippen molar-refractivity contribution in [2.45, 2.75) is 13.3 Å². The molecule has 0 aromatic carbocycles. The van der Waals surface area contributed by atoms with E-state index in [0.717, 1.165) is 19.5 Å². The molecule has 0 aliphatic carbocycles. The van der Waals surface area contributed by atoms with Gasteiger partial charge in [0.05, 0.1) is 12.0 Å². The largest absolute Gasteiger partial charge is 0.315 e. The number of hydrogen-bond donors (Lipinski definition) is 1. The van der Waals surface area contributed by atoms with Crippen LogP contribution in [0.5, 0.6) is 0 Å². The van der Waals surface area contributed by atoms with E-state index in [9.17, 15) is 0 Å². The van der Waals surface area contributed by atoms with Crippen LogP contribution in [0.2, 0.25) is 0 Å². The molecule has 0 radical (unpaired) electrons. The van der Waals surface area contributed by atoms with Crippen LogP contribution < -0.4 is 5.32 Å². The Labute approximate surface area is 84.8 Å². The summed E-state index contributed by atoms with van der Waals surface area (Å²) in [5.74, 6) is 0.0869. The van der Waals surface area contributed by atoms with Crippen molar-refractivity contribution in [3.8, 4) is 6.07 Å². The lowest BCUT2D eigenvalue weighted by molar-refractivity contribution is 0.602. The van der Waals surface area contributed by atoms with Crippen molar-refractivity contribution in [2.75, 3.05) is 13.1 Å². The zero-order chi connectivity index (χ0) is 10.2. The van der Waals surface area contributed by atoms with Gasteiger partial charge in [0.25, 0.3) is 0 Å². The molecule has 3 nitrogen and oxygen atoms in total. The highest BCUT2D eigenvalue weighted by Crippen LogP contribution is 1.95. The Bertz CT molecular complexity index is 289. The van der Waals surface area contributed by atoms with Crippen molar-refractivity contribution in [1.82, 2.24) is 10.3 Å². The van der Waals surface area contributed by atoms with Crippen LogP contribution >= 0.6 is 0 Å². The van der Waals surface area contributed by atoms with Crippen LogP contribution in [0.3, 0.4) is 0 Å². The first-order chi connectivity index (χ1) is 6.83. The van der Waals surface area contributed by atoms with Crippen LogP contribution in [-0.2, 0) is 6.42 Å². The van der Waals surface area contributed by atoms with Crippen molar-refractivity contribution in [3.05, 3.63) is 30.1 Å². The molecule has 1 heterocycles. The highest BCUT2D eigenvalue weighted by Gasteiger charge is 1.97. The Morgan fingerprint density at radius 3 is 3.14 bits per heavy atom. The molecule has 0 saturated heterocycles. The van der Waals surface area contributed by atoms with Crippen molar-refractivity contribution in [2.24, 2.45) is 5.92 Å². The van der Waals surface area contributed by atoms with Gasteiger partial charge in [-0.1, -0.05) is 6.07 Å². The lowest BCUT2D eigenvalue weighted by Crippen LogP contribution is -2.22. The zero-order valence-corrected chi connectivity index (χ0v) is 8.40. The Morgan fingerprint density at radius 2 is 2.50 bits per heavy atom. The van der Waals surface area contributed by atoms with E-state index >= 15 is 0 Å². The molecule has 1 aromatic heterocycles. The molecule has 0 aliphatic heterocycles. The molecule has 0 fully saturated rings. The third kappa shape index (κ3) is 4.01. The van der Waals surface area contributed by atoms with Gasteiger partial charge in [-0.05, 0) is 31.5 Å². The predicted molar refractivity (Wildman–Crippen MR) is 55.6 cm³/mol. The minimum atomic E-state index is 0.0869. The maximum absolute atomic E-state index is 8.55. The Balaban J connectivity index is 2.14. The van der Waals surface area contributed by atoms with E-state index in [0.29, 0.717) is 0 Å². The quantitative estimate of drug-likeness (QED) is 0.712. The smallest absolute Gasteiger partial charge is 0.0666 e. The average Bonchev–Trinajstić information content (AvgIpc) is 2.25. The Kier molecular flexibility index (Phi) is 4.66. The van der Waals surface area contributed by atoms with E-state index < -0.39 is 0 Å². The lowest BCUT2D eigenvalue weighted by atomic mass is 10.2. The highest BCUT2D eigenvalue weighted by molar-refractivity contribution is 5.08. The Morgan fingerprint density at radius 1 is 1.64 bits per heavy atom. The molecule has 1 unspecified atom stereocenters. The highest BCUT2D eigenvalue weighted by atomic mass is 14.8. The Hall–Kier alpha value is -1.40. The molecule has 0 bridgehead atoms. The lowest BCUT2D eigenvalue weighted by Gasteiger charge is -2.05. The summed E-state index contributed by atoms with van der Waals surface area (Å²) in [5, 5.41) is 11.8. The number of pyridine rings is 1. The summed E-state index contributed by atoms with van der Waals surface area (Å²) in [7, 11) is 0. The third-order valence-corrected chi connectivity index (χ3v) is 1.98. The average molecular weight is 189 g/mol. The second-order valence-corrected chi connectivity index (χ2v) is 3.35. The third-order valence-electron chi connectivity index (χ3n) is 1.98. The standard InChI is InChI=1S/C11H15N3/c1-10(7-12)8-14-6-4-11-3-2-5-13-9-11/h2-3,5,9-10,14H,4,6,8H2,1H3. The molecule has 74 valence electrons. The SMILES string of the molecule is CC(C#N)CNCCc1cccnc1. The van der Waals surface area contributed by atoms with Gasteiger partial charge in [-0.3, -0.25) is 4.98 Å². The number of nitrogens with one attached hydrogen (secondary N) is 1. The first kappa shape index (κ1) is 10.7. The first-order valence-corrected chi connectivity index (χ1v) is 4.82. The van der Waals surface area contributed by atoms with E-state index in [-0.39, 0.29) is 5.92 Å². The first-order valence-electron chi connectivity index (χ1n) is 4.82. The summed E-state index contributed by atoms with van der Waals surface area (Å²) in [6.07, 6.45) is 4.61. The van der Waals surface area contributed by atoms with Gasteiger partial charge in [0.1, 0.15) is 0 Å². The van der Waals surface area contributed by atoms with Gasteiger partial charge in [0.2, 0.25) is 0 Å². The minimum Gasteiger partial charge on any atom is -0.315 e. The van der Waals surface area contributed by atoms with Gasteiger partial charge >= 0.3 is 0 Å². The topological polar surface area (TPSA) is 48.7 Å². The van der Waals surface area contributed by atoms with Crippen LogP contribution in [0.15, 0.2) is 24.5 Å². The number of rotatable bonds is 5. The van der Waals surface area contributed by atoms with Gasteiger partial charge in [0.15, 0.2) is 0 Å². The number of hydrogen-bond acceptors (Lipinski definition) is 3. The molecule has 3 heteroatoms. The van der Waals surface area contributed by atoms with Crippen molar-refractivity contribution in [3.63, 3.8) is 0 Å². The van der Waals surface area contributed by atoms with Crippen molar-refractivity contribution in [1.29, 1.82) is 5.26 Å². The molecule has 0 amide bonds. The summed E-state index contributed by atoms with van der Waals surface area (Å²) >= 11 is 0. The zero-order valence-electron chi connectivity index (χ0n) is 8.40. The monoisotopic (exact) mass is 189 g/mol. The molecule has 1 N–H and O–H groups in total. The summed E-state index contributed by atoms with van der Waals surface area (Å²) in [6, 6.07) is 6.18. The fraction of sp³-hybridized carbons (Fsp3) is 0.455. The fourth-order valence-corrected chi connectivity index (χ4v) is 1.14. The number of nitriles is 1. The molecular weight excluding hydrogens is 174 g/mol. The molecule has 1 atom stereocenters. The maximum Gasteiger partial charge on any atom is 0.0666 e. The normalized spacial score (nSPS) is 12.0. The summed E-state index contributed by atoms with van der Waals surface area (Å²) < 4.78 is 0. The summed E-state index contributed by atoms with van der Waals surface area (Å²) in [6.45, 7) is 3.57. The molecule has 1 aromatic rings. The van der Waals surface area contributed by atoms with E-state index in [4.69, 9.17) is 5.26 Å².